The first kappa shape index (κ1) is 9.89. The number of aromatic nitrogens is 1. The average molecular weight is 214 g/mol. The van der Waals surface area contributed by atoms with Crippen LogP contribution in [0.3, 0.4) is 0 Å². The number of hydrogen-bond acceptors (Lipinski definition) is 4. The molecule has 1 saturated heterocycles. The molecule has 0 spiro atoms. The zero-order valence-corrected chi connectivity index (χ0v) is 8.73. The van der Waals surface area contributed by atoms with Gasteiger partial charge in [0.05, 0.1) is 6.10 Å². The molecule has 1 atom stereocenters. The Morgan fingerprint density at radius 2 is 2.64 bits per heavy atom. The first-order valence-corrected chi connectivity index (χ1v) is 5.71. The van der Waals surface area contributed by atoms with E-state index in [4.69, 9.17) is 4.74 Å². The molecule has 0 radical (unpaired) electrons. The number of thiazole rings is 1. The summed E-state index contributed by atoms with van der Waals surface area (Å²) in [4.78, 5) is 13.6. The Bertz CT molecular complexity index is 328. The van der Waals surface area contributed by atoms with Crippen LogP contribution in [-0.4, -0.2) is 24.2 Å². The van der Waals surface area contributed by atoms with Crippen molar-refractivity contribution in [2.45, 2.75) is 25.5 Å². The largest absolute Gasteiger partial charge is 0.377 e. The predicted molar refractivity (Wildman–Crippen MR) is 55.6 cm³/mol. The molecule has 2 heterocycles. The summed E-state index contributed by atoms with van der Waals surface area (Å²) >= 11 is 1.20. The van der Waals surface area contributed by atoms with Crippen LogP contribution in [0.25, 0.3) is 0 Å². The van der Waals surface area contributed by atoms with Gasteiger partial charge in [-0.15, -0.1) is 0 Å². The van der Waals surface area contributed by atoms with Gasteiger partial charge in [-0.2, -0.15) is 0 Å². The minimum atomic E-state index is 0.0129. The van der Waals surface area contributed by atoms with Crippen LogP contribution in [-0.2, 0) is 11.3 Å². The van der Waals surface area contributed by atoms with Crippen molar-refractivity contribution in [3.63, 3.8) is 0 Å². The van der Waals surface area contributed by atoms with E-state index in [9.17, 15) is 4.79 Å². The van der Waals surface area contributed by atoms with Crippen molar-refractivity contribution in [3.05, 3.63) is 20.7 Å². The fourth-order valence-electron chi connectivity index (χ4n) is 1.57. The van der Waals surface area contributed by atoms with E-state index in [0.29, 0.717) is 6.10 Å². The lowest BCUT2D eigenvalue weighted by Crippen LogP contribution is -2.26. The second kappa shape index (κ2) is 4.72. The molecule has 1 aliphatic heterocycles. The molecule has 0 bridgehead atoms. The van der Waals surface area contributed by atoms with Crippen LogP contribution in [0.15, 0.2) is 10.2 Å². The highest BCUT2D eigenvalue weighted by atomic mass is 32.1. The predicted octanol–water partition coefficient (Wildman–Crippen LogP) is 0.705. The standard InChI is InChI=1S/C9H14N2O2S/c12-9-11-7(6-14-9)4-10-5-8-2-1-3-13-8/h6,8,10H,1-5H2,(H,11,12). The Labute approximate surface area is 86.3 Å². The Morgan fingerprint density at radius 1 is 1.71 bits per heavy atom. The third-order valence-electron chi connectivity index (χ3n) is 2.28. The van der Waals surface area contributed by atoms with E-state index >= 15 is 0 Å². The van der Waals surface area contributed by atoms with Gasteiger partial charge in [-0.1, -0.05) is 11.3 Å². The summed E-state index contributed by atoms with van der Waals surface area (Å²) in [6.07, 6.45) is 2.68. The number of H-pyrrole nitrogens is 1. The fraction of sp³-hybridized carbons (Fsp3) is 0.667. The van der Waals surface area contributed by atoms with Gasteiger partial charge in [0.15, 0.2) is 0 Å². The molecule has 1 aliphatic rings. The molecule has 4 nitrogen and oxygen atoms in total. The highest BCUT2D eigenvalue weighted by Crippen LogP contribution is 2.10. The third kappa shape index (κ3) is 2.67. The van der Waals surface area contributed by atoms with E-state index in [1.54, 1.807) is 0 Å². The van der Waals surface area contributed by atoms with E-state index in [1.165, 1.54) is 17.8 Å². The zero-order valence-electron chi connectivity index (χ0n) is 7.91. The Morgan fingerprint density at radius 3 is 3.29 bits per heavy atom. The summed E-state index contributed by atoms with van der Waals surface area (Å²) in [5.41, 5.74) is 0.956. The van der Waals surface area contributed by atoms with E-state index in [-0.39, 0.29) is 4.87 Å². The molecule has 1 aromatic heterocycles. The van der Waals surface area contributed by atoms with Crippen LogP contribution in [0.5, 0.6) is 0 Å². The number of ether oxygens (including phenoxy) is 1. The van der Waals surface area contributed by atoms with Crippen LogP contribution in [0.1, 0.15) is 18.5 Å². The van der Waals surface area contributed by atoms with Gasteiger partial charge in [0.1, 0.15) is 0 Å². The first-order valence-electron chi connectivity index (χ1n) is 4.83. The average Bonchev–Trinajstić information content (AvgIpc) is 2.77. The molecular weight excluding hydrogens is 200 g/mol. The molecule has 1 unspecified atom stereocenters. The lowest BCUT2D eigenvalue weighted by molar-refractivity contribution is 0.110. The maximum absolute atomic E-state index is 10.8. The van der Waals surface area contributed by atoms with E-state index < -0.39 is 0 Å². The van der Waals surface area contributed by atoms with Gasteiger partial charge in [-0.3, -0.25) is 4.79 Å². The van der Waals surface area contributed by atoms with Gasteiger partial charge in [-0.05, 0) is 12.8 Å². The topological polar surface area (TPSA) is 54.1 Å². The van der Waals surface area contributed by atoms with Gasteiger partial charge in [0.25, 0.3) is 0 Å². The number of aromatic amines is 1. The number of nitrogens with one attached hydrogen (secondary N) is 2. The fourth-order valence-corrected chi connectivity index (χ4v) is 2.16. The van der Waals surface area contributed by atoms with Crippen molar-refractivity contribution in [2.24, 2.45) is 0 Å². The van der Waals surface area contributed by atoms with Crippen molar-refractivity contribution in [1.82, 2.24) is 10.3 Å². The Kier molecular flexibility index (Phi) is 3.34. The second-order valence-corrected chi connectivity index (χ2v) is 4.28. The molecule has 1 fully saturated rings. The van der Waals surface area contributed by atoms with Crippen molar-refractivity contribution >= 4 is 11.3 Å². The summed E-state index contributed by atoms with van der Waals surface area (Å²) < 4.78 is 5.46. The lowest BCUT2D eigenvalue weighted by atomic mass is 10.2. The van der Waals surface area contributed by atoms with Crippen LogP contribution in [0.4, 0.5) is 0 Å². The molecule has 78 valence electrons. The summed E-state index contributed by atoms with van der Waals surface area (Å²) in [7, 11) is 0. The maximum atomic E-state index is 10.8. The summed E-state index contributed by atoms with van der Waals surface area (Å²) in [6, 6.07) is 0. The monoisotopic (exact) mass is 214 g/mol. The first-order chi connectivity index (χ1) is 6.84. The summed E-state index contributed by atoms with van der Waals surface area (Å²) in [6.45, 7) is 2.48. The summed E-state index contributed by atoms with van der Waals surface area (Å²) in [5.74, 6) is 0. The molecule has 0 aromatic carbocycles. The lowest BCUT2D eigenvalue weighted by Gasteiger charge is -2.09. The van der Waals surface area contributed by atoms with E-state index in [2.05, 4.69) is 10.3 Å². The van der Waals surface area contributed by atoms with Crippen LogP contribution < -0.4 is 10.2 Å². The number of rotatable bonds is 4. The molecular formula is C9H14N2O2S. The van der Waals surface area contributed by atoms with Crippen LogP contribution in [0.2, 0.25) is 0 Å². The smallest absolute Gasteiger partial charge is 0.304 e. The van der Waals surface area contributed by atoms with Gasteiger partial charge >= 0.3 is 4.87 Å². The van der Waals surface area contributed by atoms with Crippen LogP contribution in [0, 0.1) is 0 Å². The highest BCUT2D eigenvalue weighted by molar-refractivity contribution is 7.07. The SMILES string of the molecule is O=c1[nH]c(CNCC2CCCO2)cs1. The van der Waals surface area contributed by atoms with Crippen molar-refractivity contribution in [1.29, 1.82) is 0 Å². The minimum Gasteiger partial charge on any atom is -0.377 e. The Balaban J connectivity index is 1.69. The molecule has 0 aliphatic carbocycles. The van der Waals surface area contributed by atoms with Gasteiger partial charge in [-0.25, -0.2) is 0 Å². The zero-order chi connectivity index (χ0) is 9.80. The van der Waals surface area contributed by atoms with Crippen molar-refractivity contribution in [2.75, 3.05) is 13.2 Å². The van der Waals surface area contributed by atoms with Gasteiger partial charge in [0.2, 0.25) is 0 Å². The maximum Gasteiger partial charge on any atom is 0.304 e. The number of hydrogen-bond donors (Lipinski definition) is 2. The van der Waals surface area contributed by atoms with E-state index in [0.717, 1.165) is 31.8 Å². The molecule has 2 rings (SSSR count). The highest BCUT2D eigenvalue weighted by Gasteiger charge is 2.14. The molecule has 14 heavy (non-hydrogen) atoms. The van der Waals surface area contributed by atoms with Gasteiger partial charge in [0, 0.05) is 30.8 Å². The van der Waals surface area contributed by atoms with Gasteiger partial charge < -0.3 is 15.0 Å². The normalized spacial score (nSPS) is 21.6. The summed E-state index contributed by atoms with van der Waals surface area (Å²) in [5, 5.41) is 5.12. The quantitative estimate of drug-likeness (QED) is 0.776. The third-order valence-corrected chi connectivity index (χ3v) is 3.00. The van der Waals surface area contributed by atoms with Crippen molar-refractivity contribution in [3.8, 4) is 0 Å². The Hall–Kier alpha value is -0.650. The van der Waals surface area contributed by atoms with Crippen molar-refractivity contribution < 1.29 is 4.74 Å². The molecule has 0 amide bonds. The minimum absolute atomic E-state index is 0.0129. The van der Waals surface area contributed by atoms with Crippen LogP contribution >= 0.6 is 11.3 Å². The van der Waals surface area contributed by atoms with E-state index in [1.807, 2.05) is 5.38 Å². The second-order valence-electron chi connectivity index (χ2n) is 3.44. The molecule has 2 N–H and O–H groups in total. The molecule has 1 aromatic rings. The molecule has 0 saturated carbocycles. The molecule has 5 heteroatoms.